The zero-order chi connectivity index (χ0) is 16.3. The first-order valence-corrected chi connectivity index (χ1v) is 7.50. The van der Waals surface area contributed by atoms with Gasteiger partial charge in [0, 0.05) is 23.6 Å². The van der Waals surface area contributed by atoms with E-state index in [-0.39, 0.29) is 16.5 Å². The fourth-order valence-corrected chi connectivity index (χ4v) is 3.12. The quantitative estimate of drug-likeness (QED) is 0.673. The van der Waals surface area contributed by atoms with Crippen LogP contribution in [0.3, 0.4) is 0 Å². The number of aryl methyl sites for hydroxylation is 2. The summed E-state index contributed by atoms with van der Waals surface area (Å²) in [6.07, 6.45) is 0. The van der Waals surface area contributed by atoms with Crippen molar-refractivity contribution in [3.8, 4) is 0 Å². The first-order chi connectivity index (χ1) is 10.4. The Hall–Kier alpha value is -2.34. The minimum atomic E-state index is -0.379. The molecular formula is C16H16N2O3S. The van der Waals surface area contributed by atoms with Gasteiger partial charge in [0.25, 0.3) is 5.69 Å². The minimum absolute atomic E-state index is 0.0930. The molecular weight excluding hydrogens is 300 g/mol. The third-order valence-electron chi connectivity index (χ3n) is 3.11. The molecule has 0 atom stereocenters. The molecule has 5 nitrogen and oxygen atoms in total. The van der Waals surface area contributed by atoms with Gasteiger partial charge in [0.2, 0.25) is 5.91 Å². The van der Waals surface area contributed by atoms with Crippen LogP contribution in [0.1, 0.15) is 18.1 Å². The Morgan fingerprint density at radius 2 is 1.82 bits per heavy atom. The maximum absolute atomic E-state index is 11.2. The number of nitrogens with one attached hydrogen (secondary N) is 1. The normalized spacial score (nSPS) is 10.3. The molecule has 0 aliphatic rings. The number of benzene rings is 2. The third-order valence-corrected chi connectivity index (χ3v) is 4.34. The topological polar surface area (TPSA) is 72.2 Å². The summed E-state index contributed by atoms with van der Waals surface area (Å²) in [5.74, 6) is -0.124. The van der Waals surface area contributed by atoms with E-state index in [9.17, 15) is 14.9 Å². The highest BCUT2D eigenvalue weighted by molar-refractivity contribution is 7.99. The van der Waals surface area contributed by atoms with Crippen molar-refractivity contribution in [1.29, 1.82) is 0 Å². The molecule has 1 N–H and O–H groups in total. The molecule has 0 saturated carbocycles. The summed E-state index contributed by atoms with van der Waals surface area (Å²) in [5, 5.41) is 13.9. The highest BCUT2D eigenvalue weighted by atomic mass is 32.2. The number of carbonyl (C=O) groups excluding carboxylic acids is 1. The van der Waals surface area contributed by atoms with Crippen LogP contribution in [0.5, 0.6) is 0 Å². The minimum Gasteiger partial charge on any atom is -0.326 e. The molecule has 0 aromatic heterocycles. The summed E-state index contributed by atoms with van der Waals surface area (Å²) in [4.78, 5) is 23.4. The predicted molar refractivity (Wildman–Crippen MR) is 87.4 cm³/mol. The van der Waals surface area contributed by atoms with Crippen LogP contribution in [0.15, 0.2) is 46.2 Å². The Bertz CT molecular complexity index is 744. The predicted octanol–water partition coefficient (Wildman–Crippen LogP) is 4.32. The van der Waals surface area contributed by atoms with Crippen molar-refractivity contribution in [1.82, 2.24) is 0 Å². The molecule has 0 bridgehead atoms. The molecule has 0 spiro atoms. The Labute approximate surface area is 132 Å². The summed E-state index contributed by atoms with van der Waals surface area (Å²) < 4.78 is 0. The van der Waals surface area contributed by atoms with Crippen LogP contribution in [0.2, 0.25) is 0 Å². The van der Waals surface area contributed by atoms with Gasteiger partial charge in [-0.25, -0.2) is 0 Å². The lowest BCUT2D eigenvalue weighted by atomic mass is 10.1. The van der Waals surface area contributed by atoms with Crippen LogP contribution < -0.4 is 5.32 Å². The number of para-hydroxylation sites is 1. The van der Waals surface area contributed by atoms with Crippen LogP contribution in [-0.2, 0) is 4.79 Å². The molecule has 1 amide bonds. The molecule has 114 valence electrons. The van der Waals surface area contributed by atoms with Gasteiger partial charge in [0.1, 0.15) is 0 Å². The largest absolute Gasteiger partial charge is 0.326 e. The van der Waals surface area contributed by atoms with Gasteiger partial charge in [-0.15, -0.1) is 0 Å². The lowest BCUT2D eigenvalue weighted by Gasteiger charge is -2.12. The monoisotopic (exact) mass is 316 g/mol. The van der Waals surface area contributed by atoms with Gasteiger partial charge in [-0.2, -0.15) is 0 Å². The number of rotatable bonds is 4. The van der Waals surface area contributed by atoms with Gasteiger partial charge in [-0.05, 0) is 43.2 Å². The Morgan fingerprint density at radius 1 is 1.14 bits per heavy atom. The van der Waals surface area contributed by atoms with E-state index >= 15 is 0 Å². The number of hydrogen-bond acceptors (Lipinski definition) is 4. The number of nitro groups is 1. The standard InChI is InChI=1S/C16H16N2O3S/c1-10-9-16(11(2)8-13(10)17-12(3)19)22-15-7-5-4-6-14(15)18(20)21/h4-9H,1-3H3,(H,17,19). The molecule has 0 fully saturated rings. The van der Waals surface area contributed by atoms with Crippen LogP contribution in [0, 0.1) is 24.0 Å². The van der Waals surface area contributed by atoms with E-state index in [2.05, 4.69) is 5.32 Å². The lowest BCUT2D eigenvalue weighted by Crippen LogP contribution is -2.07. The van der Waals surface area contributed by atoms with Crippen molar-refractivity contribution in [2.45, 2.75) is 30.6 Å². The Morgan fingerprint density at radius 3 is 2.45 bits per heavy atom. The van der Waals surface area contributed by atoms with E-state index in [0.717, 1.165) is 21.7 Å². The molecule has 2 aromatic carbocycles. The average molecular weight is 316 g/mol. The van der Waals surface area contributed by atoms with Gasteiger partial charge >= 0.3 is 0 Å². The summed E-state index contributed by atoms with van der Waals surface area (Å²) in [6, 6.07) is 10.5. The van der Waals surface area contributed by atoms with Crippen LogP contribution in [0.25, 0.3) is 0 Å². The van der Waals surface area contributed by atoms with Crippen LogP contribution >= 0.6 is 11.8 Å². The van der Waals surface area contributed by atoms with Gasteiger partial charge in [-0.3, -0.25) is 14.9 Å². The van der Waals surface area contributed by atoms with E-state index in [1.165, 1.54) is 24.8 Å². The van der Waals surface area contributed by atoms with Crippen molar-refractivity contribution < 1.29 is 9.72 Å². The van der Waals surface area contributed by atoms with E-state index < -0.39 is 0 Å². The van der Waals surface area contributed by atoms with Gasteiger partial charge in [0.05, 0.1) is 9.82 Å². The molecule has 0 unspecified atom stereocenters. The van der Waals surface area contributed by atoms with Crippen molar-refractivity contribution in [3.63, 3.8) is 0 Å². The fraction of sp³-hybridized carbons (Fsp3) is 0.188. The van der Waals surface area contributed by atoms with Crippen molar-refractivity contribution in [3.05, 3.63) is 57.6 Å². The summed E-state index contributed by atoms with van der Waals surface area (Å²) in [5.41, 5.74) is 2.73. The second kappa shape index (κ2) is 6.62. The number of hydrogen-bond donors (Lipinski definition) is 1. The Balaban J connectivity index is 2.37. The van der Waals surface area contributed by atoms with E-state index in [4.69, 9.17) is 0 Å². The van der Waals surface area contributed by atoms with Crippen LogP contribution in [-0.4, -0.2) is 10.8 Å². The third kappa shape index (κ3) is 3.65. The number of nitro benzene ring substituents is 1. The molecule has 0 aliphatic carbocycles. The SMILES string of the molecule is CC(=O)Nc1cc(C)c(Sc2ccccc2[N+](=O)[O-])cc1C. The van der Waals surface area contributed by atoms with Gasteiger partial charge < -0.3 is 5.32 Å². The number of amides is 1. The maximum atomic E-state index is 11.2. The number of nitrogens with zero attached hydrogens (tertiary/aromatic N) is 1. The molecule has 2 rings (SSSR count). The first kappa shape index (κ1) is 16.0. The second-order valence-electron chi connectivity index (χ2n) is 4.94. The number of carbonyl (C=O) groups is 1. The number of anilines is 1. The van der Waals surface area contributed by atoms with E-state index in [0.29, 0.717) is 4.90 Å². The molecule has 0 heterocycles. The van der Waals surface area contributed by atoms with Gasteiger partial charge in [-0.1, -0.05) is 23.9 Å². The summed E-state index contributed by atoms with van der Waals surface area (Å²) >= 11 is 1.36. The Kier molecular flexibility index (Phi) is 4.82. The molecule has 6 heteroatoms. The summed E-state index contributed by atoms with van der Waals surface area (Å²) in [7, 11) is 0. The molecule has 0 radical (unpaired) electrons. The maximum Gasteiger partial charge on any atom is 0.283 e. The fourth-order valence-electron chi connectivity index (χ4n) is 2.04. The molecule has 0 saturated heterocycles. The van der Waals surface area contributed by atoms with Crippen LogP contribution in [0.4, 0.5) is 11.4 Å². The second-order valence-corrected chi connectivity index (χ2v) is 6.02. The molecule has 2 aromatic rings. The van der Waals surface area contributed by atoms with Crippen molar-refractivity contribution >= 4 is 29.0 Å². The first-order valence-electron chi connectivity index (χ1n) is 6.68. The lowest BCUT2D eigenvalue weighted by molar-refractivity contribution is -0.387. The van der Waals surface area contributed by atoms with Crippen molar-refractivity contribution in [2.24, 2.45) is 0 Å². The average Bonchev–Trinajstić information content (AvgIpc) is 2.44. The zero-order valence-corrected chi connectivity index (χ0v) is 13.4. The molecule has 22 heavy (non-hydrogen) atoms. The van der Waals surface area contributed by atoms with E-state index in [1.54, 1.807) is 18.2 Å². The zero-order valence-electron chi connectivity index (χ0n) is 12.5. The smallest absolute Gasteiger partial charge is 0.283 e. The highest BCUT2D eigenvalue weighted by Crippen LogP contribution is 2.37. The van der Waals surface area contributed by atoms with Crippen molar-refractivity contribution in [2.75, 3.05) is 5.32 Å². The summed E-state index contributed by atoms with van der Waals surface area (Å²) in [6.45, 7) is 5.28. The molecule has 0 aliphatic heterocycles. The highest BCUT2D eigenvalue weighted by Gasteiger charge is 2.15. The van der Waals surface area contributed by atoms with Gasteiger partial charge in [0.15, 0.2) is 0 Å². The van der Waals surface area contributed by atoms with E-state index in [1.807, 2.05) is 26.0 Å².